The summed E-state index contributed by atoms with van der Waals surface area (Å²) in [7, 11) is 3.84. The summed E-state index contributed by atoms with van der Waals surface area (Å²) in [6, 6.07) is 4.57. The Labute approximate surface area is 207 Å². The van der Waals surface area contributed by atoms with Crippen molar-refractivity contribution in [2.24, 2.45) is 5.92 Å². The highest BCUT2D eigenvalue weighted by molar-refractivity contribution is 7.18. The molecule has 1 aromatic heterocycles. The van der Waals surface area contributed by atoms with Gasteiger partial charge in [-0.15, -0.1) is 11.3 Å². The number of carbonyl (C=O) groups excluding carboxylic acids is 4. The number of benzene rings is 1. The lowest BCUT2D eigenvalue weighted by molar-refractivity contribution is -0.119. The summed E-state index contributed by atoms with van der Waals surface area (Å²) in [4.78, 5) is 49.2. The van der Waals surface area contributed by atoms with Gasteiger partial charge in [-0.05, 0) is 43.0 Å². The number of thiophene rings is 1. The first kappa shape index (κ1) is 27.6. The summed E-state index contributed by atoms with van der Waals surface area (Å²) < 4.78 is 25.5. The number of amides is 1. The van der Waals surface area contributed by atoms with E-state index in [1.54, 1.807) is 6.07 Å². The van der Waals surface area contributed by atoms with E-state index in [1.165, 1.54) is 40.4 Å². The summed E-state index contributed by atoms with van der Waals surface area (Å²) in [5, 5.41) is 2.57. The molecule has 1 N–H and O–H groups in total. The number of carbonyl (C=O) groups is 4. The predicted octanol–water partition coefficient (Wildman–Crippen LogP) is 3.86. The van der Waals surface area contributed by atoms with E-state index in [-0.39, 0.29) is 21.0 Å². The van der Waals surface area contributed by atoms with Crippen LogP contribution in [0, 0.1) is 12.8 Å². The highest BCUT2D eigenvalue weighted by Gasteiger charge is 2.27. The van der Waals surface area contributed by atoms with Gasteiger partial charge in [-0.1, -0.05) is 13.8 Å². The van der Waals surface area contributed by atoms with Crippen LogP contribution in [0.3, 0.4) is 0 Å². The number of rotatable bonds is 11. The van der Waals surface area contributed by atoms with E-state index in [4.69, 9.17) is 23.7 Å². The zero-order valence-electron chi connectivity index (χ0n) is 20.5. The van der Waals surface area contributed by atoms with Crippen molar-refractivity contribution in [2.75, 3.05) is 39.9 Å². The number of methoxy groups -OCH3 is 3. The fourth-order valence-electron chi connectivity index (χ4n) is 2.93. The molecule has 0 spiro atoms. The first-order valence-electron chi connectivity index (χ1n) is 10.7. The minimum atomic E-state index is -0.752. The van der Waals surface area contributed by atoms with E-state index in [2.05, 4.69) is 19.2 Å². The Kier molecular flexibility index (Phi) is 10.1. The van der Waals surface area contributed by atoms with Crippen molar-refractivity contribution >= 4 is 40.2 Å². The Morgan fingerprint density at radius 3 is 2.26 bits per heavy atom. The van der Waals surface area contributed by atoms with Crippen molar-refractivity contribution in [1.29, 1.82) is 0 Å². The standard InChI is InChI=1S/C24H29NO9S/c1-13(2)9-10-33-16-8-7-15(11-17(16)30-4)22(27)34-12-18(26)25-21-19(23(28)31-5)14(3)20(35-21)24(29)32-6/h7-8,11,13H,9-10,12H2,1-6H3,(H,25,26). The lowest BCUT2D eigenvalue weighted by atomic mass is 10.1. The Balaban J connectivity index is 2.07. The Hall–Kier alpha value is -3.60. The maximum absolute atomic E-state index is 12.5. The number of anilines is 1. The molecule has 35 heavy (non-hydrogen) atoms. The molecule has 11 heteroatoms. The van der Waals surface area contributed by atoms with E-state index in [0.717, 1.165) is 17.8 Å². The molecular formula is C24H29NO9S. The molecule has 10 nitrogen and oxygen atoms in total. The van der Waals surface area contributed by atoms with Crippen molar-refractivity contribution in [2.45, 2.75) is 27.2 Å². The molecule has 2 aromatic rings. The lowest BCUT2D eigenvalue weighted by Gasteiger charge is -2.13. The molecule has 0 unspecified atom stereocenters. The van der Waals surface area contributed by atoms with Gasteiger partial charge in [0.25, 0.3) is 5.91 Å². The summed E-state index contributed by atoms with van der Waals surface area (Å²) in [5.74, 6) is -1.51. The SMILES string of the molecule is COC(=O)c1sc(NC(=O)COC(=O)c2ccc(OCCC(C)C)c(OC)c2)c(C(=O)OC)c1C. The average molecular weight is 508 g/mol. The molecule has 0 aliphatic rings. The van der Waals surface area contributed by atoms with Crippen LogP contribution in [0.4, 0.5) is 5.00 Å². The van der Waals surface area contributed by atoms with Gasteiger partial charge in [0.15, 0.2) is 18.1 Å². The van der Waals surface area contributed by atoms with E-state index in [9.17, 15) is 19.2 Å². The monoisotopic (exact) mass is 507 g/mol. The molecule has 2 rings (SSSR count). The maximum atomic E-state index is 12.5. The van der Waals surface area contributed by atoms with Crippen LogP contribution >= 0.6 is 11.3 Å². The predicted molar refractivity (Wildman–Crippen MR) is 129 cm³/mol. The van der Waals surface area contributed by atoms with Crippen LogP contribution in [0.1, 0.15) is 56.2 Å². The third-order valence-corrected chi connectivity index (χ3v) is 6.03. The second-order valence-corrected chi connectivity index (χ2v) is 8.79. The normalized spacial score (nSPS) is 10.5. The molecule has 0 aliphatic heterocycles. The number of hydrogen-bond donors (Lipinski definition) is 1. The van der Waals surface area contributed by atoms with Gasteiger partial charge in [0.2, 0.25) is 0 Å². The molecule has 0 saturated carbocycles. The van der Waals surface area contributed by atoms with Gasteiger partial charge in [-0.2, -0.15) is 0 Å². The van der Waals surface area contributed by atoms with Crippen LogP contribution in [0.15, 0.2) is 18.2 Å². The van der Waals surface area contributed by atoms with Gasteiger partial charge in [0, 0.05) is 0 Å². The summed E-state index contributed by atoms with van der Waals surface area (Å²) in [6.45, 7) is 5.59. The number of nitrogens with one attached hydrogen (secondary N) is 1. The zero-order chi connectivity index (χ0) is 26.1. The van der Waals surface area contributed by atoms with E-state index >= 15 is 0 Å². The number of esters is 3. The van der Waals surface area contributed by atoms with E-state index in [1.807, 2.05) is 0 Å². The van der Waals surface area contributed by atoms with Gasteiger partial charge in [0.1, 0.15) is 9.88 Å². The van der Waals surface area contributed by atoms with Crippen molar-refractivity contribution < 1.29 is 42.9 Å². The smallest absolute Gasteiger partial charge is 0.348 e. The third kappa shape index (κ3) is 7.19. The quantitative estimate of drug-likeness (QED) is 0.356. The number of ether oxygens (including phenoxy) is 5. The first-order valence-corrected chi connectivity index (χ1v) is 11.5. The molecular weight excluding hydrogens is 478 g/mol. The van der Waals surface area contributed by atoms with Crippen LogP contribution in [0.5, 0.6) is 11.5 Å². The minimum Gasteiger partial charge on any atom is -0.493 e. The number of hydrogen-bond acceptors (Lipinski definition) is 10. The van der Waals surface area contributed by atoms with Crippen LogP contribution < -0.4 is 14.8 Å². The van der Waals surface area contributed by atoms with Crippen molar-refractivity contribution in [3.63, 3.8) is 0 Å². The van der Waals surface area contributed by atoms with Gasteiger partial charge >= 0.3 is 17.9 Å². The highest BCUT2D eigenvalue weighted by Crippen LogP contribution is 2.34. The largest absolute Gasteiger partial charge is 0.493 e. The fraction of sp³-hybridized carbons (Fsp3) is 0.417. The van der Waals surface area contributed by atoms with Crippen molar-refractivity contribution in [1.82, 2.24) is 0 Å². The Morgan fingerprint density at radius 1 is 0.971 bits per heavy atom. The molecule has 190 valence electrons. The third-order valence-electron chi connectivity index (χ3n) is 4.85. The van der Waals surface area contributed by atoms with Gasteiger partial charge < -0.3 is 29.0 Å². The zero-order valence-corrected chi connectivity index (χ0v) is 21.3. The van der Waals surface area contributed by atoms with Crippen LogP contribution in [0.25, 0.3) is 0 Å². The molecule has 1 aromatic carbocycles. The molecule has 0 radical (unpaired) electrons. The topological polar surface area (TPSA) is 126 Å². The van der Waals surface area contributed by atoms with Gasteiger partial charge in [-0.25, -0.2) is 14.4 Å². The molecule has 1 amide bonds. The van der Waals surface area contributed by atoms with Gasteiger partial charge in [-0.3, -0.25) is 4.79 Å². The lowest BCUT2D eigenvalue weighted by Crippen LogP contribution is -2.21. The molecule has 0 atom stereocenters. The maximum Gasteiger partial charge on any atom is 0.348 e. The van der Waals surface area contributed by atoms with Crippen LogP contribution in [-0.2, 0) is 19.0 Å². The second-order valence-electron chi connectivity index (χ2n) is 7.76. The van der Waals surface area contributed by atoms with Crippen molar-refractivity contribution in [3.05, 3.63) is 39.8 Å². The van der Waals surface area contributed by atoms with Crippen molar-refractivity contribution in [3.8, 4) is 11.5 Å². The first-order chi connectivity index (χ1) is 16.6. The average Bonchev–Trinajstić information content (AvgIpc) is 3.16. The Morgan fingerprint density at radius 2 is 1.66 bits per heavy atom. The van der Waals surface area contributed by atoms with Crippen LogP contribution in [0.2, 0.25) is 0 Å². The van der Waals surface area contributed by atoms with Crippen LogP contribution in [-0.4, -0.2) is 58.4 Å². The molecule has 1 heterocycles. The molecule has 0 saturated heterocycles. The molecule has 0 aliphatic carbocycles. The van der Waals surface area contributed by atoms with Gasteiger partial charge in [0.05, 0.1) is 39.1 Å². The van der Waals surface area contributed by atoms with E-state index < -0.39 is 30.4 Å². The minimum absolute atomic E-state index is 0.0235. The fourth-order valence-corrected chi connectivity index (χ4v) is 4.06. The molecule has 0 bridgehead atoms. The summed E-state index contributed by atoms with van der Waals surface area (Å²) >= 11 is 0.858. The van der Waals surface area contributed by atoms with E-state index in [0.29, 0.717) is 29.6 Å². The molecule has 0 fully saturated rings. The second kappa shape index (κ2) is 12.7. The highest BCUT2D eigenvalue weighted by atomic mass is 32.1. The summed E-state index contributed by atoms with van der Waals surface area (Å²) in [6.07, 6.45) is 0.866. The summed E-state index contributed by atoms with van der Waals surface area (Å²) in [5.41, 5.74) is 0.500. The Bertz CT molecular complexity index is 1090.